The highest BCUT2D eigenvalue weighted by Crippen LogP contribution is 2.39. The molecule has 2 aliphatic carbocycles. The molecule has 3 heteroatoms. The van der Waals surface area contributed by atoms with Crippen molar-refractivity contribution in [1.82, 2.24) is 5.32 Å². The first kappa shape index (κ1) is 14.8. The third-order valence-corrected chi connectivity index (χ3v) is 5.88. The van der Waals surface area contributed by atoms with Gasteiger partial charge >= 0.3 is 0 Å². The van der Waals surface area contributed by atoms with E-state index in [-0.39, 0.29) is 11.1 Å². The van der Waals surface area contributed by atoms with Crippen molar-refractivity contribution in [1.29, 1.82) is 0 Å². The molecule has 0 aromatic heterocycles. The third-order valence-electron chi connectivity index (χ3n) is 5.88. The second kappa shape index (κ2) is 6.33. The van der Waals surface area contributed by atoms with Crippen LogP contribution < -0.4 is 5.32 Å². The summed E-state index contributed by atoms with van der Waals surface area (Å²) in [6.45, 7) is 1.20. The van der Waals surface area contributed by atoms with Gasteiger partial charge in [-0.2, -0.15) is 0 Å². The second-order valence-electron chi connectivity index (χ2n) is 7.43. The fraction of sp³-hybridized carbons (Fsp3) is 1.00. The number of aliphatic hydroxyl groups is 1. The van der Waals surface area contributed by atoms with Gasteiger partial charge in [-0.25, -0.2) is 0 Å². The lowest BCUT2D eigenvalue weighted by atomic mass is 9.76. The van der Waals surface area contributed by atoms with E-state index in [1.54, 1.807) is 0 Å². The lowest BCUT2D eigenvalue weighted by molar-refractivity contribution is -0.113. The van der Waals surface area contributed by atoms with Gasteiger partial charge in [-0.05, 0) is 38.5 Å². The lowest BCUT2D eigenvalue weighted by Gasteiger charge is -2.47. The molecule has 1 atom stereocenters. The highest BCUT2D eigenvalue weighted by atomic mass is 16.5. The number of hydrogen-bond donors (Lipinski definition) is 2. The maximum atomic E-state index is 9.88. The number of ether oxygens (including phenoxy) is 1. The minimum atomic E-state index is 0.0100. The smallest absolute Gasteiger partial charge is 0.0697 e. The number of aliphatic hydroxyl groups excluding tert-OH is 1. The van der Waals surface area contributed by atoms with Crippen LogP contribution in [0, 0.1) is 0 Å². The standard InChI is InChI=1S/C17H31NO2/c19-14-16(8-3-1-4-9-16)18-15-7-12-20-17(13-15)10-5-2-6-11-17/h15,18-19H,1-14H2. The molecular weight excluding hydrogens is 250 g/mol. The van der Waals surface area contributed by atoms with E-state index < -0.39 is 0 Å². The summed E-state index contributed by atoms with van der Waals surface area (Å²) >= 11 is 0. The Bertz CT molecular complexity index is 301. The van der Waals surface area contributed by atoms with Gasteiger partial charge in [0.15, 0.2) is 0 Å². The van der Waals surface area contributed by atoms with Crippen LogP contribution in [0.3, 0.4) is 0 Å². The van der Waals surface area contributed by atoms with Crippen LogP contribution in [0.4, 0.5) is 0 Å². The quantitative estimate of drug-likeness (QED) is 0.835. The number of nitrogens with one attached hydrogen (secondary N) is 1. The molecular formula is C17H31NO2. The summed E-state index contributed by atoms with van der Waals surface area (Å²) in [4.78, 5) is 0. The monoisotopic (exact) mass is 281 g/mol. The summed E-state index contributed by atoms with van der Waals surface area (Å²) in [5.41, 5.74) is 0.176. The van der Waals surface area contributed by atoms with Crippen LogP contribution in [0.1, 0.15) is 77.0 Å². The number of rotatable bonds is 3. The zero-order chi connectivity index (χ0) is 13.9. The van der Waals surface area contributed by atoms with Crippen molar-refractivity contribution in [2.75, 3.05) is 13.2 Å². The van der Waals surface area contributed by atoms with E-state index in [0.29, 0.717) is 12.6 Å². The SMILES string of the molecule is OCC1(NC2CCOC3(CCCCC3)C2)CCCCC1. The molecule has 0 aromatic carbocycles. The van der Waals surface area contributed by atoms with E-state index in [1.165, 1.54) is 51.4 Å². The first-order valence-corrected chi connectivity index (χ1v) is 8.79. The molecule has 1 heterocycles. The average Bonchev–Trinajstić information content (AvgIpc) is 2.49. The molecule has 1 saturated heterocycles. The Kier molecular flexibility index (Phi) is 4.68. The van der Waals surface area contributed by atoms with Crippen LogP contribution >= 0.6 is 0 Å². The minimum Gasteiger partial charge on any atom is -0.394 e. The zero-order valence-corrected chi connectivity index (χ0v) is 12.8. The number of hydrogen-bond acceptors (Lipinski definition) is 3. The van der Waals surface area contributed by atoms with E-state index in [2.05, 4.69) is 5.32 Å². The fourth-order valence-electron chi connectivity index (χ4n) is 4.71. The minimum absolute atomic E-state index is 0.0100. The van der Waals surface area contributed by atoms with E-state index in [9.17, 15) is 5.11 Å². The van der Waals surface area contributed by atoms with Crippen molar-refractivity contribution in [2.45, 2.75) is 94.2 Å². The van der Waals surface area contributed by atoms with Gasteiger partial charge in [0.2, 0.25) is 0 Å². The molecule has 1 aliphatic heterocycles. The van der Waals surface area contributed by atoms with Crippen LogP contribution in [0.25, 0.3) is 0 Å². The summed E-state index contributed by atoms with van der Waals surface area (Å²) in [5.74, 6) is 0. The van der Waals surface area contributed by atoms with E-state index in [1.807, 2.05) is 0 Å². The molecule has 3 aliphatic rings. The first-order valence-electron chi connectivity index (χ1n) is 8.79. The van der Waals surface area contributed by atoms with E-state index in [4.69, 9.17) is 4.74 Å². The molecule has 2 saturated carbocycles. The highest BCUT2D eigenvalue weighted by Gasteiger charge is 2.41. The molecule has 116 valence electrons. The first-order chi connectivity index (χ1) is 9.76. The van der Waals surface area contributed by atoms with Gasteiger partial charge in [0.25, 0.3) is 0 Å². The summed E-state index contributed by atoms with van der Waals surface area (Å²) in [5, 5.41) is 13.7. The molecule has 0 amide bonds. The van der Waals surface area contributed by atoms with Crippen molar-refractivity contribution in [3.8, 4) is 0 Å². The summed E-state index contributed by atoms with van der Waals surface area (Å²) < 4.78 is 6.19. The third kappa shape index (κ3) is 3.20. The average molecular weight is 281 g/mol. The van der Waals surface area contributed by atoms with Gasteiger partial charge in [0.05, 0.1) is 12.2 Å². The summed E-state index contributed by atoms with van der Waals surface area (Å²) in [6, 6.07) is 0.548. The largest absolute Gasteiger partial charge is 0.394 e. The van der Waals surface area contributed by atoms with Crippen molar-refractivity contribution < 1.29 is 9.84 Å². The normalized spacial score (nSPS) is 33.1. The lowest BCUT2D eigenvalue weighted by Crippen LogP contribution is -2.58. The van der Waals surface area contributed by atoms with Gasteiger partial charge in [-0.15, -0.1) is 0 Å². The van der Waals surface area contributed by atoms with Crippen LogP contribution in [0.15, 0.2) is 0 Å². The van der Waals surface area contributed by atoms with Gasteiger partial charge in [0, 0.05) is 18.2 Å². The molecule has 20 heavy (non-hydrogen) atoms. The van der Waals surface area contributed by atoms with E-state index >= 15 is 0 Å². The van der Waals surface area contributed by atoms with Crippen LogP contribution in [-0.2, 0) is 4.74 Å². The maximum absolute atomic E-state index is 9.88. The Hall–Kier alpha value is -0.120. The zero-order valence-electron chi connectivity index (χ0n) is 12.8. The molecule has 0 aromatic rings. The van der Waals surface area contributed by atoms with Gasteiger partial charge < -0.3 is 15.2 Å². The molecule has 3 rings (SSSR count). The van der Waals surface area contributed by atoms with E-state index in [0.717, 1.165) is 32.3 Å². The van der Waals surface area contributed by atoms with Crippen molar-refractivity contribution in [3.63, 3.8) is 0 Å². The van der Waals surface area contributed by atoms with Crippen LogP contribution in [0.2, 0.25) is 0 Å². The second-order valence-corrected chi connectivity index (χ2v) is 7.43. The van der Waals surface area contributed by atoms with Gasteiger partial charge in [0.1, 0.15) is 0 Å². The Morgan fingerprint density at radius 2 is 1.60 bits per heavy atom. The van der Waals surface area contributed by atoms with Crippen molar-refractivity contribution >= 4 is 0 Å². The topological polar surface area (TPSA) is 41.5 Å². The Balaban J connectivity index is 1.61. The van der Waals surface area contributed by atoms with Crippen molar-refractivity contribution in [2.24, 2.45) is 0 Å². The molecule has 1 spiro atoms. The predicted molar refractivity (Wildman–Crippen MR) is 80.8 cm³/mol. The maximum Gasteiger partial charge on any atom is 0.0697 e. The van der Waals surface area contributed by atoms with Gasteiger partial charge in [-0.1, -0.05) is 38.5 Å². The molecule has 2 N–H and O–H groups in total. The summed E-state index contributed by atoms with van der Waals surface area (Å²) in [6.07, 6.45) is 15.0. The fourth-order valence-corrected chi connectivity index (χ4v) is 4.71. The van der Waals surface area contributed by atoms with Crippen molar-refractivity contribution in [3.05, 3.63) is 0 Å². The molecule has 0 radical (unpaired) electrons. The Labute approximate surface area is 123 Å². The molecule has 3 nitrogen and oxygen atoms in total. The molecule has 1 unspecified atom stereocenters. The molecule has 3 fully saturated rings. The highest BCUT2D eigenvalue weighted by molar-refractivity contribution is 4.98. The molecule has 0 bridgehead atoms. The predicted octanol–water partition coefficient (Wildman–Crippen LogP) is 3.15. The van der Waals surface area contributed by atoms with Crippen LogP contribution in [-0.4, -0.2) is 35.5 Å². The van der Waals surface area contributed by atoms with Gasteiger partial charge in [-0.3, -0.25) is 0 Å². The Morgan fingerprint density at radius 1 is 0.950 bits per heavy atom. The summed E-state index contributed by atoms with van der Waals surface area (Å²) in [7, 11) is 0. The Morgan fingerprint density at radius 3 is 2.25 bits per heavy atom. The van der Waals surface area contributed by atoms with Crippen LogP contribution in [0.5, 0.6) is 0 Å².